The summed E-state index contributed by atoms with van der Waals surface area (Å²) in [6, 6.07) is 15.9. The fraction of sp³-hybridized carbons (Fsp3) is 0.320. The Morgan fingerprint density at radius 3 is 2.47 bits per heavy atom. The molecule has 0 unspecified atom stereocenters. The summed E-state index contributed by atoms with van der Waals surface area (Å²) < 4.78 is 0. The van der Waals surface area contributed by atoms with Crippen molar-refractivity contribution in [3.05, 3.63) is 82.9 Å². The van der Waals surface area contributed by atoms with Gasteiger partial charge in [0.2, 0.25) is 0 Å². The van der Waals surface area contributed by atoms with Crippen LogP contribution < -0.4 is 0 Å². The normalized spacial score (nSPS) is 13.3. The third-order valence-electron chi connectivity index (χ3n) is 5.52. The number of aliphatic hydroxyl groups excluding tert-OH is 3. The zero-order chi connectivity index (χ0) is 21.3. The van der Waals surface area contributed by atoms with Gasteiger partial charge in [-0.1, -0.05) is 60.7 Å². The summed E-state index contributed by atoms with van der Waals surface area (Å²) in [6.45, 7) is 0.652. The van der Waals surface area contributed by atoms with Crippen LogP contribution in [-0.4, -0.2) is 58.4 Å². The van der Waals surface area contributed by atoms with Crippen molar-refractivity contribution in [2.45, 2.75) is 25.4 Å². The van der Waals surface area contributed by atoms with Gasteiger partial charge in [-0.25, -0.2) is 0 Å². The van der Waals surface area contributed by atoms with Gasteiger partial charge in [0.05, 0.1) is 19.3 Å². The highest BCUT2D eigenvalue weighted by atomic mass is 16.3. The first-order valence-corrected chi connectivity index (χ1v) is 10.3. The summed E-state index contributed by atoms with van der Waals surface area (Å²) >= 11 is 0. The second-order valence-electron chi connectivity index (χ2n) is 7.53. The van der Waals surface area contributed by atoms with Crippen molar-refractivity contribution < 1.29 is 20.1 Å². The van der Waals surface area contributed by atoms with Gasteiger partial charge in [0.25, 0.3) is 0 Å². The van der Waals surface area contributed by atoms with Crippen molar-refractivity contribution in [1.82, 2.24) is 4.90 Å². The van der Waals surface area contributed by atoms with Crippen molar-refractivity contribution in [3.63, 3.8) is 0 Å². The molecule has 0 saturated heterocycles. The maximum absolute atomic E-state index is 11.2. The van der Waals surface area contributed by atoms with Crippen LogP contribution in [0.2, 0.25) is 0 Å². The van der Waals surface area contributed by atoms with Crippen molar-refractivity contribution >= 4 is 17.4 Å². The smallest absolute Gasteiger partial charge is 0.181 e. The van der Waals surface area contributed by atoms with E-state index in [-0.39, 0.29) is 25.0 Å². The molecular weight excluding hydrogens is 378 g/mol. The van der Waals surface area contributed by atoms with Crippen molar-refractivity contribution in [1.29, 1.82) is 0 Å². The monoisotopic (exact) mass is 407 g/mol. The summed E-state index contributed by atoms with van der Waals surface area (Å²) in [4.78, 5) is 13.3. The van der Waals surface area contributed by atoms with Crippen LogP contribution in [0.25, 0.3) is 11.6 Å². The van der Waals surface area contributed by atoms with Gasteiger partial charge >= 0.3 is 0 Å². The number of hydrogen-bond donors (Lipinski definition) is 3. The molecule has 3 rings (SSSR count). The van der Waals surface area contributed by atoms with Gasteiger partial charge in [0, 0.05) is 13.1 Å². The molecular formula is C25H29NO4. The van der Waals surface area contributed by atoms with E-state index in [9.17, 15) is 15.0 Å². The van der Waals surface area contributed by atoms with Crippen LogP contribution in [0, 0.1) is 0 Å². The summed E-state index contributed by atoms with van der Waals surface area (Å²) in [5, 5.41) is 28.3. The predicted molar refractivity (Wildman–Crippen MR) is 119 cm³/mol. The number of hydrogen-bond acceptors (Lipinski definition) is 5. The van der Waals surface area contributed by atoms with E-state index in [4.69, 9.17) is 5.11 Å². The Balaban J connectivity index is 1.66. The molecule has 1 aliphatic rings. The molecule has 0 atom stereocenters. The standard InChI is InChI=1S/C25H29NO4/c27-16-23(17-28)26(14-13-22-11-10-21-3-1-2-4-25(21)22)15-20-7-5-19(6-8-20)9-12-24(30)18-29/h1-9,11-12,23,27-29H,10,13-18H2/b12-9+. The van der Waals surface area contributed by atoms with E-state index < -0.39 is 6.61 Å². The van der Waals surface area contributed by atoms with Gasteiger partial charge in [-0.15, -0.1) is 0 Å². The first-order valence-electron chi connectivity index (χ1n) is 10.3. The van der Waals surface area contributed by atoms with E-state index >= 15 is 0 Å². The quantitative estimate of drug-likeness (QED) is 0.499. The Labute approximate surface area is 177 Å². The number of ketones is 1. The molecule has 3 N–H and O–H groups in total. The molecule has 2 aromatic carbocycles. The van der Waals surface area contributed by atoms with Crippen LogP contribution in [0.5, 0.6) is 0 Å². The average Bonchev–Trinajstić information content (AvgIpc) is 3.20. The highest BCUT2D eigenvalue weighted by molar-refractivity contribution is 5.94. The van der Waals surface area contributed by atoms with E-state index in [0.29, 0.717) is 6.54 Å². The van der Waals surface area contributed by atoms with Gasteiger partial charge in [-0.3, -0.25) is 9.69 Å². The zero-order valence-electron chi connectivity index (χ0n) is 17.1. The third-order valence-corrected chi connectivity index (χ3v) is 5.52. The Morgan fingerprint density at radius 2 is 1.77 bits per heavy atom. The number of nitrogens with zero attached hydrogens (tertiary/aromatic N) is 1. The van der Waals surface area contributed by atoms with Crippen LogP contribution in [0.1, 0.15) is 28.7 Å². The summed E-state index contributed by atoms with van der Waals surface area (Å²) in [5.41, 5.74) is 5.91. The molecule has 1 aliphatic carbocycles. The average molecular weight is 408 g/mol. The number of rotatable bonds is 11. The highest BCUT2D eigenvalue weighted by Crippen LogP contribution is 2.30. The number of benzene rings is 2. The van der Waals surface area contributed by atoms with Crippen molar-refractivity contribution in [2.75, 3.05) is 26.4 Å². The highest BCUT2D eigenvalue weighted by Gasteiger charge is 2.20. The number of fused-ring (bicyclic) bond motifs is 1. The molecule has 30 heavy (non-hydrogen) atoms. The lowest BCUT2D eigenvalue weighted by atomic mass is 10.0. The van der Waals surface area contributed by atoms with Crippen LogP contribution in [0.3, 0.4) is 0 Å². The van der Waals surface area contributed by atoms with Crippen LogP contribution in [0.4, 0.5) is 0 Å². The molecule has 0 saturated carbocycles. The van der Waals surface area contributed by atoms with Gasteiger partial charge in [-0.2, -0.15) is 0 Å². The molecule has 0 amide bonds. The molecule has 0 aliphatic heterocycles. The van der Waals surface area contributed by atoms with Crippen LogP contribution >= 0.6 is 0 Å². The first-order chi connectivity index (χ1) is 14.6. The Kier molecular flexibility index (Phi) is 8.11. The Morgan fingerprint density at radius 1 is 1.03 bits per heavy atom. The summed E-state index contributed by atoms with van der Waals surface area (Å²) in [5.74, 6) is -0.332. The molecule has 0 bridgehead atoms. The minimum Gasteiger partial charge on any atom is -0.395 e. The maximum atomic E-state index is 11.2. The fourth-order valence-corrected chi connectivity index (χ4v) is 3.75. The van der Waals surface area contributed by atoms with Gasteiger partial charge < -0.3 is 15.3 Å². The predicted octanol–water partition coefficient (Wildman–Crippen LogP) is 2.45. The van der Waals surface area contributed by atoms with E-state index in [1.54, 1.807) is 6.08 Å². The Hall–Kier alpha value is -2.57. The van der Waals surface area contributed by atoms with E-state index in [1.165, 1.54) is 22.8 Å². The first kappa shape index (κ1) is 22.1. The zero-order valence-corrected chi connectivity index (χ0v) is 17.1. The topological polar surface area (TPSA) is 81.0 Å². The van der Waals surface area contributed by atoms with E-state index in [2.05, 4.69) is 35.2 Å². The number of carbonyl (C=O) groups is 1. The van der Waals surface area contributed by atoms with Gasteiger partial charge in [0.15, 0.2) is 5.78 Å². The minimum atomic E-state index is -0.492. The minimum absolute atomic E-state index is 0.101. The molecule has 5 nitrogen and oxygen atoms in total. The summed E-state index contributed by atoms with van der Waals surface area (Å²) in [7, 11) is 0. The summed E-state index contributed by atoms with van der Waals surface area (Å²) in [6.07, 6.45) is 7.13. The lowest BCUT2D eigenvalue weighted by molar-refractivity contribution is -0.117. The molecule has 0 fully saturated rings. The maximum Gasteiger partial charge on any atom is 0.181 e. The Bertz CT molecular complexity index is 898. The van der Waals surface area contributed by atoms with Crippen LogP contribution in [0.15, 0.2) is 60.7 Å². The van der Waals surface area contributed by atoms with Gasteiger partial charge in [-0.05, 0) is 46.7 Å². The van der Waals surface area contributed by atoms with Gasteiger partial charge in [0.1, 0.15) is 6.61 Å². The largest absolute Gasteiger partial charge is 0.395 e. The lowest BCUT2D eigenvalue weighted by Crippen LogP contribution is -2.40. The molecule has 0 heterocycles. The molecule has 2 aromatic rings. The second kappa shape index (κ2) is 11.0. The molecule has 0 radical (unpaired) electrons. The molecule has 5 heteroatoms. The van der Waals surface area contributed by atoms with Crippen LogP contribution in [-0.2, 0) is 17.8 Å². The molecule has 0 aromatic heterocycles. The SMILES string of the molecule is O=C(/C=C/c1ccc(CN(CCC2=CCc3ccccc32)C(CO)CO)cc1)CO. The third kappa shape index (κ3) is 5.74. The fourth-order valence-electron chi connectivity index (χ4n) is 3.75. The second-order valence-corrected chi connectivity index (χ2v) is 7.53. The van der Waals surface area contributed by atoms with Crippen molar-refractivity contribution in [2.24, 2.45) is 0 Å². The number of allylic oxidation sites excluding steroid dienone is 1. The number of aliphatic hydroxyl groups is 3. The van der Waals surface area contributed by atoms with E-state index in [1.807, 2.05) is 24.3 Å². The molecule has 158 valence electrons. The number of carbonyl (C=O) groups excluding carboxylic acids is 1. The van der Waals surface area contributed by atoms with Crippen molar-refractivity contribution in [3.8, 4) is 0 Å². The van der Waals surface area contributed by atoms with E-state index in [0.717, 1.165) is 30.5 Å². The lowest BCUT2D eigenvalue weighted by Gasteiger charge is -2.29. The molecule has 0 spiro atoms.